The van der Waals surface area contributed by atoms with Gasteiger partial charge in [-0.2, -0.15) is 0 Å². The van der Waals surface area contributed by atoms with Crippen LogP contribution in [0.25, 0.3) is 0 Å². The van der Waals surface area contributed by atoms with Gasteiger partial charge in [0.25, 0.3) is 0 Å². The Morgan fingerprint density at radius 1 is 1.44 bits per heavy atom. The summed E-state index contributed by atoms with van der Waals surface area (Å²) >= 11 is 0. The molecule has 0 aromatic heterocycles. The summed E-state index contributed by atoms with van der Waals surface area (Å²) in [4.78, 5) is 14.5. The minimum Gasteiger partial charge on any atom is -0.323 e. The maximum atomic E-state index is 12.4. The molecule has 0 spiro atoms. The third kappa shape index (κ3) is 1.97. The fourth-order valence-corrected chi connectivity index (χ4v) is 3.08. The molecule has 2 rings (SSSR count). The van der Waals surface area contributed by atoms with Gasteiger partial charge in [-0.3, -0.25) is 10.1 Å². The summed E-state index contributed by atoms with van der Waals surface area (Å²) in [5, 5.41) is 3.46. The number of nitrogens with zero attached hydrogens (tertiary/aromatic N) is 1. The molecule has 0 aromatic rings. The van der Waals surface area contributed by atoms with E-state index in [1.807, 2.05) is 0 Å². The van der Waals surface area contributed by atoms with Gasteiger partial charge >= 0.3 is 0 Å². The predicted octanol–water partition coefficient (Wildman–Crippen LogP) is 2.12. The van der Waals surface area contributed by atoms with Crippen molar-refractivity contribution in [1.82, 2.24) is 10.2 Å². The zero-order valence-corrected chi connectivity index (χ0v) is 10.7. The van der Waals surface area contributed by atoms with E-state index in [1.54, 1.807) is 0 Å². The van der Waals surface area contributed by atoms with Gasteiger partial charge in [-0.25, -0.2) is 0 Å². The predicted molar refractivity (Wildman–Crippen MR) is 64.9 cm³/mol. The summed E-state index contributed by atoms with van der Waals surface area (Å²) in [6.07, 6.45) is 6.27. The Kier molecular flexibility index (Phi) is 3.53. The van der Waals surface area contributed by atoms with Crippen molar-refractivity contribution < 1.29 is 4.79 Å². The monoisotopic (exact) mass is 224 g/mol. The smallest absolute Gasteiger partial charge is 0.241 e. The molecule has 3 heteroatoms. The van der Waals surface area contributed by atoms with Crippen molar-refractivity contribution in [3.63, 3.8) is 0 Å². The van der Waals surface area contributed by atoms with Crippen LogP contribution in [0.3, 0.4) is 0 Å². The van der Waals surface area contributed by atoms with Gasteiger partial charge in [0.15, 0.2) is 0 Å². The SMILES string of the molecule is CCC(C)C1NC(C)N(C2CCCC2)C1=O. The molecule has 1 saturated heterocycles. The van der Waals surface area contributed by atoms with Crippen molar-refractivity contribution in [2.75, 3.05) is 0 Å². The quantitative estimate of drug-likeness (QED) is 0.796. The van der Waals surface area contributed by atoms with Gasteiger partial charge in [0.1, 0.15) is 0 Å². The molecule has 0 aromatic carbocycles. The second kappa shape index (κ2) is 4.74. The van der Waals surface area contributed by atoms with Crippen molar-refractivity contribution in [3.05, 3.63) is 0 Å². The van der Waals surface area contributed by atoms with Crippen LogP contribution in [-0.4, -0.2) is 29.1 Å². The van der Waals surface area contributed by atoms with Crippen molar-refractivity contribution >= 4 is 5.91 Å². The maximum Gasteiger partial charge on any atom is 0.241 e. The van der Waals surface area contributed by atoms with E-state index in [2.05, 4.69) is 31.0 Å². The molecule has 3 atom stereocenters. The summed E-state index contributed by atoms with van der Waals surface area (Å²) in [6.45, 7) is 6.45. The van der Waals surface area contributed by atoms with Crippen LogP contribution in [-0.2, 0) is 4.79 Å². The lowest BCUT2D eigenvalue weighted by Crippen LogP contribution is -2.41. The number of nitrogens with one attached hydrogen (secondary N) is 1. The fourth-order valence-electron chi connectivity index (χ4n) is 3.08. The molecule has 1 aliphatic heterocycles. The van der Waals surface area contributed by atoms with Crippen LogP contribution in [0.15, 0.2) is 0 Å². The van der Waals surface area contributed by atoms with E-state index in [0.717, 1.165) is 6.42 Å². The highest BCUT2D eigenvalue weighted by atomic mass is 16.2. The largest absolute Gasteiger partial charge is 0.323 e. The Morgan fingerprint density at radius 2 is 2.06 bits per heavy atom. The number of carbonyl (C=O) groups is 1. The molecular formula is C13H24N2O. The first-order valence-electron chi connectivity index (χ1n) is 6.73. The molecule has 0 bridgehead atoms. The standard InChI is InChI=1S/C13H24N2O/c1-4-9(2)12-13(16)15(10(3)14-12)11-7-5-6-8-11/h9-12,14H,4-8H2,1-3H3. The second-order valence-corrected chi connectivity index (χ2v) is 5.39. The lowest BCUT2D eigenvalue weighted by atomic mass is 9.99. The number of carbonyl (C=O) groups excluding carboxylic acids is 1. The van der Waals surface area contributed by atoms with Crippen molar-refractivity contribution in [2.24, 2.45) is 5.92 Å². The Labute approximate surface area is 98.6 Å². The summed E-state index contributed by atoms with van der Waals surface area (Å²) in [6, 6.07) is 0.560. The highest BCUT2D eigenvalue weighted by Gasteiger charge is 2.42. The van der Waals surface area contributed by atoms with E-state index in [0.29, 0.717) is 17.9 Å². The molecule has 1 heterocycles. The molecule has 16 heavy (non-hydrogen) atoms. The molecule has 1 amide bonds. The molecule has 3 unspecified atom stereocenters. The first-order valence-corrected chi connectivity index (χ1v) is 6.73. The van der Waals surface area contributed by atoms with Crippen LogP contribution in [0.2, 0.25) is 0 Å². The van der Waals surface area contributed by atoms with Gasteiger partial charge in [-0.15, -0.1) is 0 Å². The number of rotatable bonds is 3. The minimum atomic E-state index is 0.0561. The fraction of sp³-hybridized carbons (Fsp3) is 0.923. The van der Waals surface area contributed by atoms with Crippen molar-refractivity contribution in [1.29, 1.82) is 0 Å². The molecule has 0 radical (unpaired) electrons. The van der Waals surface area contributed by atoms with Crippen molar-refractivity contribution in [2.45, 2.75) is 71.1 Å². The van der Waals surface area contributed by atoms with Gasteiger partial charge in [-0.1, -0.05) is 33.1 Å². The third-order valence-electron chi connectivity index (χ3n) is 4.29. The molecule has 92 valence electrons. The van der Waals surface area contributed by atoms with Gasteiger partial charge in [-0.05, 0) is 25.7 Å². The first-order chi connectivity index (χ1) is 7.65. The van der Waals surface area contributed by atoms with E-state index in [-0.39, 0.29) is 12.2 Å². The highest BCUT2D eigenvalue weighted by molar-refractivity contribution is 5.85. The van der Waals surface area contributed by atoms with E-state index in [4.69, 9.17) is 0 Å². The number of amides is 1. The van der Waals surface area contributed by atoms with Gasteiger partial charge in [0.2, 0.25) is 5.91 Å². The van der Waals surface area contributed by atoms with Crippen LogP contribution < -0.4 is 5.32 Å². The van der Waals surface area contributed by atoms with Crippen molar-refractivity contribution in [3.8, 4) is 0 Å². The second-order valence-electron chi connectivity index (χ2n) is 5.39. The Hall–Kier alpha value is -0.570. The zero-order valence-electron chi connectivity index (χ0n) is 10.7. The Balaban J connectivity index is 2.06. The average Bonchev–Trinajstić information content (AvgIpc) is 2.86. The Bertz CT molecular complexity index is 261. The third-order valence-corrected chi connectivity index (χ3v) is 4.29. The van der Waals surface area contributed by atoms with Crippen LogP contribution in [0, 0.1) is 5.92 Å². The van der Waals surface area contributed by atoms with Gasteiger partial charge in [0, 0.05) is 6.04 Å². The molecule has 1 saturated carbocycles. The highest BCUT2D eigenvalue weighted by Crippen LogP contribution is 2.29. The number of hydrogen-bond donors (Lipinski definition) is 1. The first kappa shape index (κ1) is 11.9. The average molecular weight is 224 g/mol. The maximum absolute atomic E-state index is 12.4. The summed E-state index contributed by atoms with van der Waals surface area (Å²) in [7, 11) is 0. The number of hydrogen-bond acceptors (Lipinski definition) is 2. The van der Waals surface area contributed by atoms with Crippen LogP contribution >= 0.6 is 0 Å². The molecule has 1 N–H and O–H groups in total. The van der Waals surface area contributed by atoms with Crippen LogP contribution in [0.4, 0.5) is 0 Å². The summed E-state index contributed by atoms with van der Waals surface area (Å²) in [5.41, 5.74) is 0. The molecule has 2 aliphatic rings. The van der Waals surface area contributed by atoms with Gasteiger partial charge in [0.05, 0.1) is 12.2 Å². The van der Waals surface area contributed by atoms with E-state index in [1.165, 1.54) is 25.7 Å². The molecule has 2 fully saturated rings. The van der Waals surface area contributed by atoms with Crippen LogP contribution in [0.1, 0.15) is 52.9 Å². The zero-order chi connectivity index (χ0) is 11.7. The van der Waals surface area contributed by atoms with E-state index < -0.39 is 0 Å². The molecule has 1 aliphatic carbocycles. The molecule has 3 nitrogen and oxygen atoms in total. The summed E-state index contributed by atoms with van der Waals surface area (Å²) in [5.74, 6) is 0.787. The lowest BCUT2D eigenvalue weighted by Gasteiger charge is -2.27. The minimum absolute atomic E-state index is 0.0561. The topological polar surface area (TPSA) is 32.3 Å². The van der Waals surface area contributed by atoms with Gasteiger partial charge < -0.3 is 4.90 Å². The molecular weight excluding hydrogens is 200 g/mol. The van der Waals surface area contributed by atoms with Crippen LogP contribution in [0.5, 0.6) is 0 Å². The Morgan fingerprint density at radius 3 is 2.62 bits per heavy atom. The van der Waals surface area contributed by atoms with E-state index >= 15 is 0 Å². The van der Waals surface area contributed by atoms with E-state index in [9.17, 15) is 4.79 Å². The normalized spacial score (nSPS) is 33.7. The summed E-state index contributed by atoms with van der Waals surface area (Å²) < 4.78 is 0. The lowest BCUT2D eigenvalue weighted by molar-refractivity contribution is -0.132.